The van der Waals surface area contributed by atoms with E-state index in [4.69, 9.17) is 14.2 Å². The van der Waals surface area contributed by atoms with Crippen molar-refractivity contribution in [3.63, 3.8) is 0 Å². The van der Waals surface area contributed by atoms with Crippen LogP contribution in [-0.4, -0.2) is 62.9 Å². The molecule has 36 heavy (non-hydrogen) atoms. The molecule has 2 atom stereocenters. The lowest BCUT2D eigenvalue weighted by Gasteiger charge is -2.46. The highest BCUT2D eigenvalue weighted by molar-refractivity contribution is 7.93. The highest BCUT2D eigenvalue weighted by Gasteiger charge is 2.44. The van der Waals surface area contributed by atoms with Gasteiger partial charge in [-0.25, -0.2) is 14.2 Å². The molecule has 0 aliphatic carbocycles. The number of hydrogen-bond acceptors (Lipinski definition) is 8. The lowest BCUT2D eigenvalue weighted by Crippen LogP contribution is -2.58. The van der Waals surface area contributed by atoms with Gasteiger partial charge in [0.25, 0.3) is 0 Å². The van der Waals surface area contributed by atoms with E-state index in [0.29, 0.717) is 43.4 Å². The van der Waals surface area contributed by atoms with Gasteiger partial charge in [0.15, 0.2) is 5.75 Å². The van der Waals surface area contributed by atoms with Crippen LogP contribution in [0.2, 0.25) is 0 Å². The molecular formula is C25H31FN3O6S+. The van der Waals surface area contributed by atoms with Gasteiger partial charge >= 0.3 is 15.9 Å². The van der Waals surface area contributed by atoms with E-state index in [1.165, 1.54) is 19.1 Å². The number of amides is 1. The summed E-state index contributed by atoms with van der Waals surface area (Å²) in [4.78, 5) is 18.3. The van der Waals surface area contributed by atoms with Crippen molar-refractivity contribution < 1.29 is 31.8 Å². The molecule has 2 aromatic rings. The van der Waals surface area contributed by atoms with Crippen LogP contribution in [0.25, 0.3) is 0 Å². The van der Waals surface area contributed by atoms with Crippen LogP contribution in [0, 0.1) is 30.3 Å². The summed E-state index contributed by atoms with van der Waals surface area (Å²) < 4.78 is 56.2. The maximum atomic E-state index is 14.7. The summed E-state index contributed by atoms with van der Waals surface area (Å²) in [5.41, 5.74) is 0.774. The summed E-state index contributed by atoms with van der Waals surface area (Å²) in [5, 5.41) is 2.94. The van der Waals surface area contributed by atoms with E-state index in [9.17, 15) is 17.6 Å². The number of sulfone groups is 1. The van der Waals surface area contributed by atoms with Crippen LogP contribution in [0.15, 0.2) is 35.4 Å². The number of ether oxygens (including phenoxy) is 3. The van der Waals surface area contributed by atoms with Crippen LogP contribution in [0.1, 0.15) is 26.3 Å². The molecule has 2 saturated heterocycles. The summed E-state index contributed by atoms with van der Waals surface area (Å²) >= 11 is 0. The molecule has 1 aromatic heterocycles. The minimum Gasteiger partial charge on any atom is -0.489 e. The molecule has 0 spiro atoms. The van der Waals surface area contributed by atoms with E-state index in [0.717, 1.165) is 11.8 Å². The second-order valence-corrected chi connectivity index (χ2v) is 11.3. The van der Waals surface area contributed by atoms with Crippen LogP contribution < -0.4 is 10.1 Å². The molecule has 11 heteroatoms. The molecule has 2 bridgehead atoms. The number of carbonyl (C=O) groups is 1. The Bertz CT molecular complexity index is 1210. The molecule has 0 radical (unpaired) electrons. The topological polar surface area (TPSA) is 107 Å². The average Bonchev–Trinajstić information content (AvgIpc) is 2.82. The van der Waals surface area contributed by atoms with E-state index < -0.39 is 15.7 Å². The van der Waals surface area contributed by atoms with Crippen molar-refractivity contribution in [2.45, 2.75) is 44.8 Å². The third-order valence-corrected chi connectivity index (χ3v) is 7.88. The second-order valence-electron chi connectivity index (χ2n) is 9.31. The number of carbonyl (C=O) groups excluding carboxylic acids is 1. The Morgan fingerprint density at radius 1 is 1.25 bits per heavy atom. The maximum absolute atomic E-state index is 14.7. The molecule has 2 unspecified atom stereocenters. The van der Waals surface area contributed by atoms with Crippen LogP contribution in [0.4, 0.5) is 20.7 Å². The molecule has 2 fully saturated rings. The first kappa shape index (κ1) is 26.0. The fourth-order valence-corrected chi connectivity index (χ4v) is 5.27. The first-order valence-electron chi connectivity index (χ1n) is 11.9. The van der Waals surface area contributed by atoms with Crippen molar-refractivity contribution in [2.24, 2.45) is 11.8 Å². The van der Waals surface area contributed by atoms with Crippen molar-refractivity contribution >= 4 is 27.4 Å². The fraction of sp³-hybridized carbons (Fsp3) is 0.480. The lowest BCUT2D eigenvalue weighted by atomic mass is 9.84. The number of halogens is 1. The number of pyridine rings is 1. The van der Waals surface area contributed by atoms with Gasteiger partial charge in [-0.1, -0.05) is 0 Å². The second kappa shape index (κ2) is 10.5. The van der Waals surface area contributed by atoms with Crippen LogP contribution >= 0.6 is 0 Å². The number of piperidine rings is 1. The Hall–Kier alpha value is -3.05. The number of anilines is 2. The number of fused-ring (bicyclic) bond motifs is 2. The first-order valence-corrected chi connectivity index (χ1v) is 13.4. The molecule has 194 valence electrons. The summed E-state index contributed by atoms with van der Waals surface area (Å²) in [7, 11) is -3.64. The Morgan fingerprint density at radius 2 is 1.94 bits per heavy atom. The Labute approximate surface area is 210 Å². The van der Waals surface area contributed by atoms with Crippen molar-refractivity contribution in [1.82, 2.24) is 9.88 Å². The maximum Gasteiger partial charge on any atom is 0.410 e. The van der Waals surface area contributed by atoms with Gasteiger partial charge in [0, 0.05) is 36.7 Å². The minimum atomic E-state index is -3.64. The smallest absolute Gasteiger partial charge is 0.410 e. The van der Waals surface area contributed by atoms with Crippen molar-refractivity contribution in [3.8, 4) is 5.75 Å². The number of benzene rings is 1. The quantitative estimate of drug-likeness (QED) is 0.544. The zero-order valence-corrected chi connectivity index (χ0v) is 21.5. The summed E-state index contributed by atoms with van der Waals surface area (Å²) in [6.45, 7) is 8.72. The number of nitrogens with one attached hydrogen (secondary N) is 1. The molecule has 2 aliphatic heterocycles. The molecule has 3 heterocycles. The zero-order valence-electron chi connectivity index (χ0n) is 20.7. The SMILES string of the molecule is C[CH+]S(=O)(=O)c1ccc(Nc2nccc(OC3C4COCC3CN(C(=O)OC(C)C)C4)c2C)c(F)c1. The van der Waals surface area contributed by atoms with Crippen LogP contribution in [-0.2, 0) is 19.3 Å². The van der Waals surface area contributed by atoms with Crippen molar-refractivity contribution in [1.29, 1.82) is 0 Å². The van der Waals surface area contributed by atoms with Gasteiger partial charge in [-0.05, 0) is 45.0 Å². The average molecular weight is 521 g/mol. The summed E-state index contributed by atoms with van der Waals surface area (Å²) in [6, 6.07) is 5.44. The minimum absolute atomic E-state index is 0.0245. The summed E-state index contributed by atoms with van der Waals surface area (Å²) in [5.74, 6) is 1.25. The standard InChI is InChI=1S/C25H31FN3O6S/c1-5-36(31,32)19-6-7-21(20(26)10-19)28-24-16(4)22(8-9-27-24)35-23-17-11-29(25(30)34-15(2)3)12-18(23)14-33-13-17/h5-10,15,17-18,23H,11-14H2,1-4H3,(H,27,28)/q+1. The van der Waals surface area contributed by atoms with E-state index in [-0.39, 0.29) is 40.7 Å². The number of rotatable bonds is 7. The Morgan fingerprint density at radius 3 is 2.56 bits per heavy atom. The van der Waals surface area contributed by atoms with Gasteiger partial charge in [-0.15, -0.1) is 0 Å². The number of hydrogen-bond donors (Lipinski definition) is 1. The zero-order chi connectivity index (χ0) is 26.0. The van der Waals surface area contributed by atoms with Crippen LogP contribution in [0.3, 0.4) is 0 Å². The van der Waals surface area contributed by atoms with Gasteiger partial charge in [-0.3, -0.25) is 0 Å². The van der Waals surface area contributed by atoms with E-state index in [1.54, 1.807) is 17.2 Å². The van der Waals surface area contributed by atoms with Gasteiger partial charge in [0.1, 0.15) is 28.4 Å². The first-order chi connectivity index (χ1) is 17.1. The molecule has 1 aromatic carbocycles. The summed E-state index contributed by atoms with van der Waals surface area (Å²) in [6.07, 6.45) is 0.879. The number of likely N-dealkylation sites (tertiary alicyclic amines) is 1. The number of nitrogens with zero attached hydrogens (tertiary/aromatic N) is 2. The predicted octanol–water partition coefficient (Wildman–Crippen LogP) is 4.10. The monoisotopic (exact) mass is 520 g/mol. The van der Waals surface area contributed by atoms with Gasteiger partial charge in [0.2, 0.25) is 0 Å². The molecule has 2 aliphatic rings. The molecule has 4 rings (SSSR count). The molecule has 0 saturated carbocycles. The number of aromatic nitrogens is 1. The third kappa shape index (κ3) is 5.52. The van der Waals surface area contributed by atoms with E-state index >= 15 is 0 Å². The third-order valence-electron chi connectivity index (χ3n) is 6.35. The molecule has 9 nitrogen and oxygen atoms in total. The highest BCUT2D eigenvalue weighted by Crippen LogP contribution is 2.35. The van der Waals surface area contributed by atoms with Crippen LogP contribution in [0.5, 0.6) is 5.75 Å². The highest BCUT2D eigenvalue weighted by atomic mass is 32.2. The fourth-order valence-electron chi connectivity index (χ4n) is 4.47. The van der Waals surface area contributed by atoms with Gasteiger partial charge in [0.05, 0.1) is 31.9 Å². The molecule has 1 amide bonds. The normalized spacial score (nSPS) is 21.7. The van der Waals surface area contributed by atoms with Crippen molar-refractivity contribution in [3.05, 3.63) is 47.6 Å². The molecule has 1 N–H and O–H groups in total. The van der Waals surface area contributed by atoms with Crippen molar-refractivity contribution in [2.75, 3.05) is 31.6 Å². The predicted molar refractivity (Wildman–Crippen MR) is 131 cm³/mol. The largest absolute Gasteiger partial charge is 0.489 e. The van der Waals surface area contributed by atoms with E-state index in [2.05, 4.69) is 10.3 Å². The Balaban J connectivity index is 1.50. The Kier molecular flexibility index (Phi) is 7.60. The lowest BCUT2D eigenvalue weighted by molar-refractivity contribution is -0.110. The van der Waals surface area contributed by atoms with E-state index in [1.807, 2.05) is 20.8 Å². The van der Waals surface area contributed by atoms with Gasteiger partial charge in [-0.2, -0.15) is 8.42 Å². The van der Waals surface area contributed by atoms with Gasteiger partial charge < -0.3 is 24.4 Å². The molecular weight excluding hydrogens is 489 g/mol.